The fourth-order valence-electron chi connectivity index (χ4n) is 3.19. The number of barbiturate groups is 1. The number of sulfone groups is 2. The summed E-state index contributed by atoms with van der Waals surface area (Å²) < 4.78 is 52.8. The van der Waals surface area contributed by atoms with E-state index in [1.54, 1.807) is 26.0 Å². The minimum atomic E-state index is -4.46. The van der Waals surface area contributed by atoms with Gasteiger partial charge in [-0.1, -0.05) is 35.4 Å². The minimum absolute atomic E-state index is 0.144. The Morgan fingerprint density at radius 1 is 0.742 bits per heavy atom. The highest BCUT2D eigenvalue weighted by atomic mass is 32.2. The maximum Gasteiger partial charge on any atom is 0.328 e. The van der Waals surface area contributed by atoms with E-state index in [1.807, 2.05) is 10.6 Å². The van der Waals surface area contributed by atoms with Crippen molar-refractivity contribution in [1.82, 2.24) is 10.6 Å². The van der Waals surface area contributed by atoms with Crippen LogP contribution in [0.2, 0.25) is 0 Å². The third-order valence-electron chi connectivity index (χ3n) is 4.92. The van der Waals surface area contributed by atoms with Crippen molar-refractivity contribution in [2.24, 2.45) is 5.92 Å². The lowest BCUT2D eigenvalue weighted by molar-refractivity contribution is -0.135. The lowest BCUT2D eigenvalue weighted by atomic mass is 10.0. The normalized spacial score (nSPS) is 16.5. The number of urea groups is 1. The Kier molecular flexibility index (Phi) is 6.01. The molecule has 1 unspecified atom stereocenters. The van der Waals surface area contributed by atoms with Crippen LogP contribution in [-0.2, 0) is 29.3 Å². The van der Waals surface area contributed by atoms with Crippen LogP contribution in [0.3, 0.4) is 0 Å². The lowest BCUT2D eigenvalue weighted by Crippen LogP contribution is -2.61. The van der Waals surface area contributed by atoms with Crippen LogP contribution in [0.1, 0.15) is 11.1 Å². The number of hydrogen-bond acceptors (Lipinski definition) is 7. The first-order valence-corrected chi connectivity index (χ1v) is 12.4. The summed E-state index contributed by atoms with van der Waals surface area (Å²) >= 11 is 0. The second-order valence-electron chi connectivity index (χ2n) is 7.28. The Morgan fingerprint density at radius 3 is 1.61 bits per heavy atom. The smallest absolute Gasteiger partial charge is 0.277 e. The van der Waals surface area contributed by atoms with E-state index in [1.165, 1.54) is 36.4 Å². The van der Waals surface area contributed by atoms with Crippen LogP contribution in [0.4, 0.5) is 4.79 Å². The van der Waals surface area contributed by atoms with Crippen molar-refractivity contribution in [3.8, 4) is 0 Å². The molecule has 11 heteroatoms. The van der Waals surface area contributed by atoms with Crippen molar-refractivity contribution in [3.63, 3.8) is 0 Å². The number of hydrogen-bond donors (Lipinski definition) is 2. The van der Waals surface area contributed by atoms with Crippen LogP contribution in [0.25, 0.3) is 0 Å². The summed E-state index contributed by atoms with van der Waals surface area (Å²) in [4.78, 5) is 35.8. The number of carbonyl (C=O) groups excluding carboxylic acids is 3. The van der Waals surface area contributed by atoms with Gasteiger partial charge in [0.15, 0.2) is 19.7 Å². The maximum absolute atomic E-state index is 13.4. The third-order valence-corrected chi connectivity index (χ3v) is 9.09. The predicted molar refractivity (Wildman–Crippen MR) is 111 cm³/mol. The van der Waals surface area contributed by atoms with E-state index in [9.17, 15) is 31.2 Å². The van der Waals surface area contributed by atoms with Crippen molar-refractivity contribution in [2.45, 2.75) is 28.9 Å². The molecule has 1 saturated heterocycles. The molecule has 1 aliphatic rings. The summed E-state index contributed by atoms with van der Waals surface area (Å²) in [6.07, 6.45) is 0. The van der Waals surface area contributed by atoms with Crippen molar-refractivity contribution >= 4 is 37.5 Å². The quantitative estimate of drug-likeness (QED) is 0.605. The first kappa shape index (κ1) is 22.6. The van der Waals surface area contributed by atoms with Gasteiger partial charge in [-0.2, -0.15) is 0 Å². The second kappa shape index (κ2) is 8.23. The largest absolute Gasteiger partial charge is 0.328 e. The molecule has 1 fully saturated rings. The number of aryl methyl sites for hydroxylation is 2. The van der Waals surface area contributed by atoms with Gasteiger partial charge in [0.05, 0.1) is 15.5 Å². The molecule has 2 N–H and O–H groups in total. The van der Waals surface area contributed by atoms with Crippen molar-refractivity contribution in [1.29, 1.82) is 0 Å². The molecule has 0 radical (unpaired) electrons. The molecule has 1 atom stereocenters. The van der Waals surface area contributed by atoms with Crippen LogP contribution in [0.5, 0.6) is 0 Å². The van der Waals surface area contributed by atoms with Gasteiger partial charge in [0.2, 0.25) is 11.8 Å². The third kappa shape index (κ3) is 4.67. The zero-order valence-corrected chi connectivity index (χ0v) is 18.3. The monoisotopic (exact) mass is 464 g/mol. The standard InChI is InChI=1S/C20H20N2O7S2/c1-12-3-7-14(8-4-12)30(26,27)11-16(17-18(23)21-20(25)22-19(17)24)31(28,29)15-9-5-13(2)6-10-15/h3-10,16-17H,11H2,1-2H3,(H2,21,22,23,24,25). The number of nitrogens with one attached hydrogen (secondary N) is 2. The summed E-state index contributed by atoms with van der Waals surface area (Å²) in [7, 11) is -8.67. The molecule has 1 heterocycles. The average Bonchev–Trinajstić information content (AvgIpc) is 2.67. The van der Waals surface area contributed by atoms with E-state index in [-0.39, 0.29) is 9.79 Å². The van der Waals surface area contributed by atoms with E-state index < -0.39 is 54.4 Å². The molecule has 2 aromatic carbocycles. The highest BCUT2D eigenvalue weighted by molar-refractivity contribution is 7.95. The van der Waals surface area contributed by atoms with Gasteiger partial charge in [0.1, 0.15) is 11.2 Å². The highest BCUT2D eigenvalue weighted by Crippen LogP contribution is 2.27. The Balaban J connectivity index is 2.11. The zero-order valence-electron chi connectivity index (χ0n) is 16.7. The average molecular weight is 465 g/mol. The van der Waals surface area contributed by atoms with E-state index in [0.29, 0.717) is 0 Å². The van der Waals surface area contributed by atoms with Crippen molar-refractivity contribution < 1.29 is 31.2 Å². The van der Waals surface area contributed by atoms with Crippen LogP contribution >= 0.6 is 0 Å². The van der Waals surface area contributed by atoms with Crippen LogP contribution in [-0.4, -0.2) is 45.7 Å². The molecule has 0 spiro atoms. The number of imide groups is 2. The van der Waals surface area contributed by atoms with Gasteiger partial charge >= 0.3 is 6.03 Å². The molecule has 3 rings (SSSR count). The fraction of sp³-hybridized carbons (Fsp3) is 0.250. The van der Waals surface area contributed by atoms with E-state index in [0.717, 1.165) is 11.1 Å². The molecule has 31 heavy (non-hydrogen) atoms. The first-order chi connectivity index (χ1) is 14.4. The lowest BCUT2D eigenvalue weighted by Gasteiger charge is -2.28. The summed E-state index contributed by atoms with van der Waals surface area (Å²) in [5.74, 6) is -5.29. The molecule has 4 amide bonds. The Bertz CT molecular complexity index is 1230. The summed E-state index contributed by atoms with van der Waals surface area (Å²) in [6.45, 7) is 3.50. The van der Waals surface area contributed by atoms with Crippen LogP contribution < -0.4 is 10.6 Å². The van der Waals surface area contributed by atoms with Crippen LogP contribution in [0, 0.1) is 19.8 Å². The maximum atomic E-state index is 13.4. The molecule has 0 aromatic heterocycles. The van der Waals surface area contributed by atoms with Gasteiger partial charge in [-0.25, -0.2) is 21.6 Å². The number of amides is 4. The number of rotatable bonds is 6. The van der Waals surface area contributed by atoms with Gasteiger partial charge in [-0.05, 0) is 38.1 Å². The zero-order chi connectivity index (χ0) is 23.0. The topological polar surface area (TPSA) is 144 Å². The molecule has 1 aliphatic heterocycles. The van der Waals surface area contributed by atoms with Gasteiger partial charge in [0.25, 0.3) is 0 Å². The van der Waals surface area contributed by atoms with E-state index in [4.69, 9.17) is 0 Å². The van der Waals surface area contributed by atoms with E-state index >= 15 is 0 Å². The van der Waals surface area contributed by atoms with Gasteiger partial charge in [-0.3, -0.25) is 20.2 Å². The molecule has 0 bridgehead atoms. The van der Waals surface area contributed by atoms with Gasteiger partial charge in [0, 0.05) is 0 Å². The molecule has 0 aliphatic carbocycles. The van der Waals surface area contributed by atoms with Gasteiger partial charge in [-0.15, -0.1) is 0 Å². The summed E-state index contributed by atoms with van der Waals surface area (Å²) in [5.41, 5.74) is 1.56. The van der Waals surface area contributed by atoms with Crippen molar-refractivity contribution in [3.05, 3.63) is 59.7 Å². The summed E-state index contributed by atoms with van der Waals surface area (Å²) in [6, 6.07) is 10.2. The first-order valence-electron chi connectivity index (χ1n) is 9.17. The number of benzene rings is 2. The molecule has 164 valence electrons. The molecule has 0 saturated carbocycles. The fourth-order valence-corrected chi connectivity index (χ4v) is 7.29. The predicted octanol–water partition coefficient (Wildman–Crippen LogP) is 0.902. The second-order valence-corrected chi connectivity index (χ2v) is 11.5. The molecular formula is C20H20N2O7S2. The van der Waals surface area contributed by atoms with Crippen molar-refractivity contribution in [2.75, 3.05) is 5.75 Å². The SMILES string of the molecule is Cc1ccc(S(=O)(=O)CC(C2C(=O)NC(=O)NC2=O)S(=O)(=O)c2ccc(C)cc2)cc1. The number of carbonyl (C=O) groups is 3. The Hall–Kier alpha value is -3.05. The molecule has 2 aromatic rings. The summed E-state index contributed by atoms with van der Waals surface area (Å²) in [5, 5.41) is 1.72. The minimum Gasteiger partial charge on any atom is -0.277 e. The van der Waals surface area contributed by atoms with Crippen LogP contribution in [0.15, 0.2) is 58.3 Å². The van der Waals surface area contributed by atoms with E-state index in [2.05, 4.69) is 0 Å². The highest BCUT2D eigenvalue weighted by Gasteiger charge is 2.48. The Morgan fingerprint density at radius 2 is 1.16 bits per heavy atom. The molecular weight excluding hydrogens is 444 g/mol. The molecule has 9 nitrogen and oxygen atoms in total. The Labute approximate surface area is 179 Å². The van der Waals surface area contributed by atoms with Gasteiger partial charge < -0.3 is 0 Å².